The highest BCUT2D eigenvalue weighted by Crippen LogP contribution is 2.19. The van der Waals surface area contributed by atoms with Gasteiger partial charge in [0.1, 0.15) is 0 Å². The number of rotatable bonds is 4. The second-order valence-electron chi connectivity index (χ2n) is 3.82. The second-order valence-corrected chi connectivity index (χ2v) is 3.82. The van der Waals surface area contributed by atoms with Crippen LogP contribution in [0.25, 0.3) is 6.08 Å². The van der Waals surface area contributed by atoms with Gasteiger partial charge in [0.05, 0.1) is 10.6 Å². The summed E-state index contributed by atoms with van der Waals surface area (Å²) in [6.07, 6.45) is 5.33. The molecule has 0 amide bonds. The summed E-state index contributed by atoms with van der Waals surface area (Å²) in [7, 11) is 0. The lowest BCUT2D eigenvalue weighted by Gasteiger charge is -1.93. The lowest BCUT2D eigenvalue weighted by Crippen LogP contribution is -1.85. The molecule has 4 heteroatoms. The highest BCUT2D eigenvalue weighted by molar-refractivity contribution is 5.80. The zero-order valence-electron chi connectivity index (χ0n) is 10.1. The minimum Gasteiger partial charge on any atom is -0.258 e. The SMILES string of the molecule is O=[N+]([O-])c1cccc(N=C/C=C/c2ccccc2)c1. The molecule has 2 aromatic carbocycles. The van der Waals surface area contributed by atoms with Gasteiger partial charge in [-0.1, -0.05) is 42.5 Å². The number of nitrogens with zero attached hydrogens (tertiary/aromatic N) is 2. The van der Waals surface area contributed by atoms with Gasteiger partial charge in [0, 0.05) is 18.3 Å². The number of hydrogen-bond acceptors (Lipinski definition) is 3. The number of aliphatic imine (C=N–C) groups is 1. The van der Waals surface area contributed by atoms with Crippen molar-refractivity contribution in [3.63, 3.8) is 0 Å². The second kappa shape index (κ2) is 6.26. The summed E-state index contributed by atoms with van der Waals surface area (Å²) in [5.41, 5.74) is 1.68. The van der Waals surface area contributed by atoms with Gasteiger partial charge in [0.25, 0.3) is 5.69 Å². The predicted octanol–water partition coefficient (Wildman–Crippen LogP) is 4.01. The van der Waals surface area contributed by atoms with Gasteiger partial charge in [0.15, 0.2) is 0 Å². The number of hydrogen-bond donors (Lipinski definition) is 0. The van der Waals surface area contributed by atoms with E-state index in [-0.39, 0.29) is 5.69 Å². The molecule has 0 aliphatic carbocycles. The van der Waals surface area contributed by atoms with Crippen LogP contribution < -0.4 is 0 Å². The van der Waals surface area contributed by atoms with Gasteiger partial charge in [-0.2, -0.15) is 0 Å². The molecule has 4 nitrogen and oxygen atoms in total. The summed E-state index contributed by atoms with van der Waals surface area (Å²) < 4.78 is 0. The average molecular weight is 252 g/mol. The molecule has 2 aromatic rings. The molecular formula is C15H12N2O2. The lowest BCUT2D eigenvalue weighted by molar-refractivity contribution is -0.384. The standard InChI is InChI=1S/C15H12N2O2/c18-17(19)15-10-4-9-14(12-15)16-11-5-8-13-6-2-1-3-7-13/h1-12H/b8-5+,16-11?. The van der Waals surface area contributed by atoms with E-state index in [0.717, 1.165) is 5.56 Å². The first-order chi connectivity index (χ1) is 9.25. The fraction of sp³-hybridized carbons (Fsp3) is 0. The van der Waals surface area contributed by atoms with Crippen LogP contribution in [0, 0.1) is 10.1 Å². The third-order valence-corrected chi connectivity index (χ3v) is 2.44. The van der Waals surface area contributed by atoms with Gasteiger partial charge in [-0.15, -0.1) is 0 Å². The molecule has 0 aliphatic heterocycles. The predicted molar refractivity (Wildman–Crippen MR) is 76.7 cm³/mol. The van der Waals surface area contributed by atoms with Crippen LogP contribution in [-0.2, 0) is 0 Å². The van der Waals surface area contributed by atoms with Gasteiger partial charge >= 0.3 is 0 Å². The molecule has 0 unspecified atom stereocenters. The Hall–Kier alpha value is -2.75. The summed E-state index contributed by atoms with van der Waals surface area (Å²) >= 11 is 0. The molecule has 0 aliphatic rings. The van der Waals surface area contributed by atoms with Crippen molar-refractivity contribution in [1.29, 1.82) is 0 Å². The summed E-state index contributed by atoms with van der Waals surface area (Å²) in [4.78, 5) is 14.3. The first kappa shape index (κ1) is 12.7. The molecule has 94 valence electrons. The topological polar surface area (TPSA) is 55.5 Å². The molecule has 0 heterocycles. The highest BCUT2D eigenvalue weighted by atomic mass is 16.6. The van der Waals surface area contributed by atoms with E-state index in [0.29, 0.717) is 5.69 Å². The van der Waals surface area contributed by atoms with Crippen LogP contribution in [0.15, 0.2) is 65.7 Å². The molecule has 0 fully saturated rings. The van der Waals surface area contributed by atoms with E-state index >= 15 is 0 Å². The molecular weight excluding hydrogens is 240 g/mol. The number of non-ortho nitro benzene ring substituents is 1. The Bertz CT molecular complexity index is 619. The summed E-state index contributed by atoms with van der Waals surface area (Å²) in [5.74, 6) is 0. The minimum atomic E-state index is -0.432. The number of nitro groups is 1. The highest BCUT2D eigenvalue weighted by Gasteiger charge is 2.03. The van der Waals surface area contributed by atoms with E-state index < -0.39 is 4.92 Å². The number of allylic oxidation sites excluding steroid dienone is 1. The zero-order valence-corrected chi connectivity index (χ0v) is 10.1. The van der Waals surface area contributed by atoms with E-state index in [1.165, 1.54) is 12.1 Å². The smallest absolute Gasteiger partial charge is 0.258 e. The molecule has 0 spiro atoms. The van der Waals surface area contributed by atoms with Crippen LogP contribution in [0.3, 0.4) is 0 Å². The molecule has 2 rings (SSSR count). The molecule has 19 heavy (non-hydrogen) atoms. The maximum Gasteiger partial charge on any atom is 0.271 e. The third-order valence-electron chi connectivity index (χ3n) is 2.44. The Morgan fingerprint density at radius 3 is 2.58 bits per heavy atom. The number of nitro benzene ring substituents is 1. The van der Waals surface area contributed by atoms with Gasteiger partial charge in [-0.25, -0.2) is 0 Å². The average Bonchev–Trinajstić information content (AvgIpc) is 2.45. The van der Waals surface area contributed by atoms with Crippen LogP contribution >= 0.6 is 0 Å². The molecule has 0 N–H and O–H groups in total. The summed E-state index contributed by atoms with van der Waals surface area (Å²) in [6, 6.07) is 16.1. The van der Waals surface area contributed by atoms with Crippen molar-refractivity contribution in [3.05, 3.63) is 76.4 Å². The molecule has 0 bridgehead atoms. The van der Waals surface area contributed by atoms with E-state index in [9.17, 15) is 10.1 Å². The summed E-state index contributed by atoms with van der Waals surface area (Å²) in [6.45, 7) is 0. The van der Waals surface area contributed by atoms with Crippen molar-refractivity contribution in [1.82, 2.24) is 0 Å². The molecule has 0 aromatic heterocycles. The first-order valence-electron chi connectivity index (χ1n) is 5.76. The van der Waals surface area contributed by atoms with Crippen molar-refractivity contribution in [2.45, 2.75) is 0 Å². The normalized spacial score (nSPS) is 11.2. The van der Waals surface area contributed by atoms with Gasteiger partial charge in [-0.05, 0) is 17.7 Å². The monoisotopic (exact) mass is 252 g/mol. The van der Waals surface area contributed by atoms with E-state index in [2.05, 4.69) is 4.99 Å². The maximum atomic E-state index is 10.6. The maximum absolute atomic E-state index is 10.6. The van der Waals surface area contributed by atoms with Crippen molar-refractivity contribution < 1.29 is 4.92 Å². The van der Waals surface area contributed by atoms with Crippen molar-refractivity contribution in [2.75, 3.05) is 0 Å². The van der Waals surface area contributed by atoms with Crippen LogP contribution in [0.5, 0.6) is 0 Å². The van der Waals surface area contributed by atoms with E-state index in [1.54, 1.807) is 24.4 Å². The first-order valence-corrected chi connectivity index (χ1v) is 5.76. The van der Waals surface area contributed by atoms with Crippen molar-refractivity contribution in [2.24, 2.45) is 4.99 Å². The fourth-order valence-electron chi connectivity index (χ4n) is 1.53. The van der Waals surface area contributed by atoms with Crippen molar-refractivity contribution >= 4 is 23.7 Å². The summed E-state index contributed by atoms with van der Waals surface area (Å²) in [5, 5.41) is 10.6. The van der Waals surface area contributed by atoms with Gasteiger partial charge in [0.2, 0.25) is 0 Å². The molecule has 0 saturated carbocycles. The van der Waals surface area contributed by atoms with Gasteiger partial charge in [-0.3, -0.25) is 15.1 Å². The zero-order chi connectivity index (χ0) is 13.5. The van der Waals surface area contributed by atoms with Crippen LogP contribution in [0.1, 0.15) is 5.56 Å². The van der Waals surface area contributed by atoms with Crippen LogP contribution in [0.2, 0.25) is 0 Å². The Balaban J connectivity index is 2.05. The Kier molecular flexibility index (Phi) is 4.18. The quantitative estimate of drug-likeness (QED) is 0.469. The van der Waals surface area contributed by atoms with E-state index in [4.69, 9.17) is 0 Å². The van der Waals surface area contributed by atoms with E-state index in [1.807, 2.05) is 36.4 Å². The fourth-order valence-corrected chi connectivity index (χ4v) is 1.53. The third kappa shape index (κ3) is 3.89. The Labute approximate surface area is 110 Å². The van der Waals surface area contributed by atoms with Crippen LogP contribution in [0.4, 0.5) is 11.4 Å². The van der Waals surface area contributed by atoms with Crippen LogP contribution in [-0.4, -0.2) is 11.1 Å². The molecule has 0 radical (unpaired) electrons. The Morgan fingerprint density at radius 1 is 1.05 bits per heavy atom. The Morgan fingerprint density at radius 2 is 1.84 bits per heavy atom. The largest absolute Gasteiger partial charge is 0.271 e. The lowest BCUT2D eigenvalue weighted by atomic mass is 10.2. The number of benzene rings is 2. The minimum absolute atomic E-state index is 0.0432. The molecule has 0 saturated heterocycles. The van der Waals surface area contributed by atoms with Gasteiger partial charge < -0.3 is 0 Å². The molecule has 0 atom stereocenters. The van der Waals surface area contributed by atoms with Crippen molar-refractivity contribution in [3.8, 4) is 0 Å².